The molecule has 0 N–H and O–H groups in total. The summed E-state index contributed by atoms with van der Waals surface area (Å²) in [6.45, 7) is 3.80. The first-order valence-corrected chi connectivity index (χ1v) is 12.1. The van der Waals surface area contributed by atoms with E-state index in [1.54, 1.807) is 36.4 Å². The summed E-state index contributed by atoms with van der Waals surface area (Å²) < 4.78 is 46.5. The van der Waals surface area contributed by atoms with Crippen LogP contribution in [-0.4, -0.2) is 31.0 Å². The molecule has 0 aliphatic carbocycles. The van der Waals surface area contributed by atoms with Crippen molar-refractivity contribution in [1.82, 2.24) is 4.67 Å². The normalized spacial score (nSPS) is 12.0. The molecule has 9 heteroatoms. The maximum atomic E-state index is 15.0. The number of hydrogen-bond acceptors (Lipinski definition) is 6. The lowest BCUT2D eigenvalue weighted by atomic mass is 10.1. The summed E-state index contributed by atoms with van der Waals surface area (Å²) in [5, 5.41) is 9.85. The first-order chi connectivity index (χ1) is 15.9. The van der Waals surface area contributed by atoms with Crippen molar-refractivity contribution in [2.45, 2.75) is 33.2 Å². The summed E-state index contributed by atoms with van der Waals surface area (Å²) >= 11 is 0. The molecule has 0 aliphatic rings. The third kappa shape index (κ3) is 6.75. The number of halogens is 1. The van der Waals surface area contributed by atoms with Crippen LogP contribution in [0.25, 0.3) is 5.70 Å². The van der Waals surface area contributed by atoms with Crippen molar-refractivity contribution in [3.63, 3.8) is 0 Å². The molecule has 0 atom stereocenters. The monoisotopic (exact) mass is 474 g/mol. The van der Waals surface area contributed by atoms with Gasteiger partial charge in [-0.1, -0.05) is 56.3 Å². The summed E-state index contributed by atoms with van der Waals surface area (Å²) in [5.74, 6) is -1.70. The van der Waals surface area contributed by atoms with Gasteiger partial charge < -0.3 is 4.74 Å². The predicted molar refractivity (Wildman–Crippen MR) is 123 cm³/mol. The van der Waals surface area contributed by atoms with Gasteiger partial charge in [0.05, 0.1) is 32.6 Å². The molecular formula is C24H28FN2O5P. The molecule has 7 nitrogen and oxygen atoms in total. The van der Waals surface area contributed by atoms with E-state index in [2.05, 4.69) is 0 Å². The molecule has 0 radical (unpaired) electrons. The molecule has 33 heavy (non-hydrogen) atoms. The van der Waals surface area contributed by atoms with Crippen LogP contribution in [0.5, 0.6) is 0 Å². The second-order valence-corrected chi connectivity index (χ2v) is 8.92. The quantitative estimate of drug-likeness (QED) is 0.169. The van der Waals surface area contributed by atoms with Crippen LogP contribution >= 0.6 is 7.75 Å². The third-order valence-corrected chi connectivity index (χ3v) is 6.46. The number of nitrogens with zero attached hydrogens (tertiary/aromatic N) is 2. The topological polar surface area (TPSA) is 88.9 Å². The van der Waals surface area contributed by atoms with E-state index < -0.39 is 25.1 Å². The zero-order valence-corrected chi connectivity index (χ0v) is 19.9. The van der Waals surface area contributed by atoms with E-state index in [1.165, 1.54) is 22.9 Å². The highest BCUT2D eigenvalue weighted by Gasteiger charge is 2.39. The van der Waals surface area contributed by atoms with Crippen molar-refractivity contribution in [3.8, 4) is 6.07 Å². The number of nitriles is 1. The van der Waals surface area contributed by atoms with E-state index in [4.69, 9.17) is 13.8 Å². The average molecular weight is 474 g/mol. The van der Waals surface area contributed by atoms with Crippen molar-refractivity contribution < 1.29 is 27.5 Å². The number of hydrogen-bond donors (Lipinski definition) is 0. The van der Waals surface area contributed by atoms with Crippen LogP contribution in [0.15, 0.2) is 60.2 Å². The minimum atomic E-state index is -4.14. The van der Waals surface area contributed by atoms with Gasteiger partial charge in [-0.25, -0.2) is 13.8 Å². The van der Waals surface area contributed by atoms with Crippen LogP contribution in [0.3, 0.4) is 0 Å². The number of rotatable bonds is 12. The Morgan fingerprint density at radius 1 is 1.03 bits per heavy atom. The molecule has 0 saturated carbocycles. The van der Waals surface area contributed by atoms with Gasteiger partial charge in [-0.3, -0.25) is 13.7 Å². The molecule has 2 aromatic rings. The van der Waals surface area contributed by atoms with Gasteiger partial charge in [-0.05, 0) is 30.5 Å². The number of ether oxygens (including phenoxy) is 1. The Bertz CT molecular complexity index is 1040. The Morgan fingerprint density at radius 3 is 2.12 bits per heavy atom. The van der Waals surface area contributed by atoms with Crippen LogP contribution in [0.2, 0.25) is 0 Å². The SMILES string of the molecule is CCCOP(=O)(OCCC)N(Cc1ccccc1)C(=C(C#N)C(=O)OC)c1ccccc1F. The fourth-order valence-electron chi connectivity index (χ4n) is 2.99. The summed E-state index contributed by atoms with van der Waals surface area (Å²) in [7, 11) is -3.02. The Morgan fingerprint density at radius 2 is 1.61 bits per heavy atom. The Kier molecular flexibility index (Phi) is 10.3. The average Bonchev–Trinajstić information content (AvgIpc) is 2.84. The predicted octanol–water partition coefficient (Wildman–Crippen LogP) is 5.70. The Labute approximate surface area is 194 Å². The van der Waals surface area contributed by atoms with Crippen molar-refractivity contribution in [1.29, 1.82) is 5.26 Å². The standard InChI is InChI=1S/C24H28FN2O5P/c1-4-15-31-33(29,32-16-5-2)27(18-19-11-7-6-8-12-19)23(21(17-26)24(28)30-3)20-13-9-10-14-22(20)25/h6-14H,4-5,15-16,18H2,1-3H3. The summed E-state index contributed by atoms with van der Waals surface area (Å²) in [6.07, 6.45) is 1.08. The molecule has 2 aromatic carbocycles. The van der Waals surface area contributed by atoms with Gasteiger partial charge in [0, 0.05) is 5.56 Å². The van der Waals surface area contributed by atoms with Gasteiger partial charge in [0.2, 0.25) is 0 Å². The number of esters is 1. The fraction of sp³-hybridized carbons (Fsp3) is 0.333. The lowest BCUT2D eigenvalue weighted by molar-refractivity contribution is -0.135. The smallest absolute Gasteiger partial charge is 0.435 e. The van der Waals surface area contributed by atoms with Gasteiger partial charge >= 0.3 is 13.7 Å². The van der Waals surface area contributed by atoms with Gasteiger partial charge in [-0.2, -0.15) is 5.26 Å². The highest BCUT2D eigenvalue weighted by molar-refractivity contribution is 7.51. The van der Waals surface area contributed by atoms with E-state index >= 15 is 4.39 Å². The van der Waals surface area contributed by atoms with Gasteiger partial charge in [0.25, 0.3) is 0 Å². The zero-order valence-electron chi connectivity index (χ0n) is 19.0. The van der Waals surface area contributed by atoms with Crippen molar-refractivity contribution in [2.24, 2.45) is 0 Å². The maximum absolute atomic E-state index is 15.0. The van der Waals surface area contributed by atoms with E-state index in [9.17, 15) is 14.6 Å². The van der Waals surface area contributed by atoms with E-state index in [0.717, 1.165) is 7.11 Å². The van der Waals surface area contributed by atoms with Gasteiger partial charge in [0.1, 0.15) is 11.9 Å². The second kappa shape index (κ2) is 12.9. The number of benzene rings is 2. The first kappa shape index (κ1) is 26.3. The fourth-order valence-corrected chi connectivity index (χ4v) is 4.96. The zero-order chi connectivity index (χ0) is 24.3. The van der Waals surface area contributed by atoms with Crippen molar-refractivity contribution in [2.75, 3.05) is 20.3 Å². The van der Waals surface area contributed by atoms with Crippen LogP contribution in [0, 0.1) is 17.1 Å². The molecule has 0 fully saturated rings. The largest absolute Gasteiger partial charge is 0.465 e. The number of methoxy groups -OCH3 is 1. The van der Waals surface area contributed by atoms with Crippen LogP contribution in [-0.2, 0) is 29.7 Å². The van der Waals surface area contributed by atoms with Crippen LogP contribution in [0.1, 0.15) is 37.8 Å². The number of carbonyl (C=O) groups excluding carboxylic acids is 1. The van der Waals surface area contributed by atoms with Gasteiger partial charge in [0.15, 0.2) is 5.57 Å². The maximum Gasteiger partial charge on any atom is 0.435 e. The third-order valence-electron chi connectivity index (χ3n) is 4.51. The van der Waals surface area contributed by atoms with Crippen molar-refractivity contribution >= 4 is 19.4 Å². The molecule has 0 amide bonds. The molecule has 2 rings (SSSR count). The summed E-state index contributed by atoms with van der Waals surface area (Å²) in [5.41, 5.74) is -0.148. The van der Waals surface area contributed by atoms with Crippen molar-refractivity contribution in [3.05, 3.63) is 77.1 Å². The Balaban J connectivity index is 2.86. The molecule has 176 valence electrons. The van der Waals surface area contributed by atoms with Crippen LogP contribution in [0.4, 0.5) is 4.39 Å². The second-order valence-electron chi connectivity index (χ2n) is 6.99. The summed E-state index contributed by atoms with van der Waals surface area (Å²) in [6, 6.07) is 16.4. The van der Waals surface area contributed by atoms with E-state index in [-0.39, 0.29) is 31.0 Å². The molecule has 0 unspecified atom stereocenters. The Hall–Kier alpha value is -2.98. The highest BCUT2D eigenvalue weighted by atomic mass is 31.2. The molecule has 0 aromatic heterocycles. The minimum Gasteiger partial charge on any atom is -0.465 e. The number of carbonyl (C=O) groups is 1. The minimum absolute atomic E-state index is 0.0720. The van der Waals surface area contributed by atoms with Crippen LogP contribution < -0.4 is 0 Å². The lowest BCUT2D eigenvalue weighted by Gasteiger charge is -2.34. The first-order valence-electron chi connectivity index (χ1n) is 10.6. The molecule has 0 bridgehead atoms. The van der Waals surface area contributed by atoms with E-state index in [1.807, 2.05) is 19.9 Å². The molecule has 0 aliphatic heterocycles. The highest BCUT2D eigenvalue weighted by Crippen LogP contribution is 2.57. The summed E-state index contributed by atoms with van der Waals surface area (Å²) in [4.78, 5) is 12.6. The lowest BCUT2D eigenvalue weighted by Crippen LogP contribution is -2.25. The van der Waals surface area contributed by atoms with E-state index in [0.29, 0.717) is 18.4 Å². The van der Waals surface area contributed by atoms with Gasteiger partial charge in [-0.15, -0.1) is 0 Å². The molecule has 0 saturated heterocycles. The molecule has 0 spiro atoms. The molecule has 0 heterocycles. The molecular weight excluding hydrogens is 446 g/mol.